The molecule has 1 aliphatic rings. The van der Waals surface area contributed by atoms with E-state index in [1.165, 1.54) is 36.4 Å². The topological polar surface area (TPSA) is 126 Å². The molecule has 1 atom stereocenters. The first-order chi connectivity index (χ1) is 14.3. The van der Waals surface area contributed by atoms with Crippen LogP contribution in [0.1, 0.15) is 18.9 Å². The highest BCUT2D eigenvalue weighted by atomic mass is 32.2. The molecule has 2 aromatic rings. The molecule has 0 bridgehead atoms. The molecule has 154 valence electrons. The zero-order valence-corrected chi connectivity index (χ0v) is 16.5. The molecule has 9 nitrogen and oxygen atoms in total. The van der Waals surface area contributed by atoms with Crippen molar-refractivity contribution in [1.29, 1.82) is 0 Å². The quantitative estimate of drug-likeness (QED) is 0.415. The summed E-state index contributed by atoms with van der Waals surface area (Å²) in [4.78, 5) is 34.4. The van der Waals surface area contributed by atoms with Gasteiger partial charge in [0.1, 0.15) is 11.1 Å². The third kappa shape index (κ3) is 5.47. The first-order valence-corrected chi connectivity index (χ1v) is 9.60. The summed E-state index contributed by atoms with van der Waals surface area (Å²) in [5, 5.41) is 23.4. The molecule has 2 aromatic carbocycles. The van der Waals surface area contributed by atoms with Crippen LogP contribution in [0.25, 0.3) is 0 Å². The van der Waals surface area contributed by atoms with Crippen molar-refractivity contribution in [2.45, 2.75) is 18.6 Å². The number of carbonyl (C=O) groups excluding carboxylic acids is 2. The predicted molar refractivity (Wildman–Crippen MR) is 112 cm³/mol. The average Bonchev–Trinajstić information content (AvgIpc) is 3.06. The number of amidine groups is 1. The fourth-order valence-corrected chi connectivity index (χ4v) is 3.42. The fraction of sp³-hybridized carbons (Fsp3) is 0.158. The highest BCUT2D eigenvalue weighted by Crippen LogP contribution is 2.23. The molecule has 0 aromatic heterocycles. The standard InChI is InChI=1S/C19H16FN5O4S/c1-11(12-2-4-13(20)5-3-12)23-24-19-22-18(27)16(30-19)10-17(26)21-14-6-8-15(9-7-14)25(28)29/h2-9,16H,10H2,1H3,(H,21,26)(H,22,24,27)/b23-11-/t16-/m0/s1. The maximum Gasteiger partial charge on any atom is 0.269 e. The summed E-state index contributed by atoms with van der Waals surface area (Å²) < 4.78 is 13.0. The SMILES string of the molecule is C/C(=N/N=C1\NC(=O)[C@H](CC(=O)Nc2ccc([N+](=O)[O-])cc2)S1)c1ccc(F)cc1. The molecule has 0 saturated carbocycles. The van der Waals surface area contributed by atoms with Gasteiger partial charge in [0.2, 0.25) is 11.8 Å². The van der Waals surface area contributed by atoms with E-state index in [1.807, 2.05) is 0 Å². The number of non-ortho nitro benzene ring substituents is 1. The fourth-order valence-electron chi connectivity index (χ4n) is 2.50. The first kappa shape index (κ1) is 21.1. The van der Waals surface area contributed by atoms with Crippen LogP contribution in [0.5, 0.6) is 0 Å². The number of halogens is 1. The van der Waals surface area contributed by atoms with Gasteiger partial charge in [0.25, 0.3) is 5.69 Å². The van der Waals surface area contributed by atoms with Crippen LogP contribution < -0.4 is 10.6 Å². The Morgan fingerprint density at radius 3 is 2.53 bits per heavy atom. The third-order valence-electron chi connectivity index (χ3n) is 4.06. The Hall–Kier alpha value is -3.60. The number of anilines is 1. The zero-order valence-electron chi connectivity index (χ0n) is 15.7. The van der Waals surface area contributed by atoms with Crippen LogP contribution in [0.15, 0.2) is 58.7 Å². The van der Waals surface area contributed by atoms with Crippen LogP contribution in [-0.4, -0.2) is 32.9 Å². The lowest BCUT2D eigenvalue weighted by Crippen LogP contribution is -2.28. The summed E-state index contributed by atoms with van der Waals surface area (Å²) in [6, 6.07) is 11.1. The van der Waals surface area contributed by atoms with E-state index in [0.717, 1.165) is 11.8 Å². The Balaban J connectivity index is 1.57. The number of hydrogen-bond acceptors (Lipinski definition) is 7. The Labute approximate surface area is 174 Å². The van der Waals surface area contributed by atoms with Crippen LogP contribution in [-0.2, 0) is 9.59 Å². The molecule has 1 heterocycles. The zero-order chi connectivity index (χ0) is 21.7. The van der Waals surface area contributed by atoms with Crippen LogP contribution in [0.2, 0.25) is 0 Å². The van der Waals surface area contributed by atoms with Gasteiger partial charge in [0.05, 0.1) is 10.6 Å². The van der Waals surface area contributed by atoms with E-state index in [-0.39, 0.29) is 29.0 Å². The van der Waals surface area contributed by atoms with Gasteiger partial charge in [-0.25, -0.2) is 4.39 Å². The van der Waals surface area contributed by atoms with Gasteiger partial charge in [-0.05, 0) is 36.8 Å². The molecule has 1 aliphatic heterocycles. The Bertz CT molecular complexity index is 1040. The lowest BCUT2D eigenvalue weighted by molar-refractivity contribution is -0.384. The van der Waals surface area contributed by atoms with Gasteiger partial charge < -0.3 is 10.6 Å². The summed E-state index contributed by atoms with van der Waals surface area (Å²) in [6.45, 7) is 1.70. The number of thioether (sulfide) groups is 1. The molecule has 0 radical (unpaired) electrons. The summed E-state index contributed by atoms with van der Waals surface area (Å²) in [6.07, 6.45) is -0.104. The molecule has 0 spiro atoms. The molecule has 3 rings (SSSR count). The minimum atomic E-state index is -0.678. The first-order valence-electron chi connectivity index (χ1n) is 8.72. The maximum absolute atomic E-state index is 13.0. The number of nitrogens with one attached hydrogen (secondary N) is 2. The van der Waals surface area contributed by atoms with E-state index < -0.39 is 16.1 Å². The van der Waals surface area contributed by atoms with Crippen molar-refractivity contribution in [3.8, 4) is 0 Å². The van der Waals surface area contributed by atoms with Gasteiger partial charge in [-0.3, -0.25) is 19.7 Å². The summed E-state index contributed by atoms with van der Waals surface area (Å²) in [5.74, 6) is -1.14. The van der Waals surface area contributed by atoms with Gasteiger partial charge in [-0.15, -0.1) is 5.10 Å². The lowest BCUT2D eigenvalue weighted by atomic mass is 10.1. The van der Waals surface area contributed by atoms with E-state index in [2.05, 4.69) is 20.8 Å². The van der Waals surface area contributed by atoms with E-state index in [1.54, 1.807) is 19.1 Å². The molecule has 1 saturated heterocycles. The molecular weight excluding hydrogens is 413 g/mol. The number of rotatable bonds is 6. The maximum atomic E-state index is 13.0. The normalized spacial score (nSPS) is 17.7. The second kappa shape index (κ2) is 9.27. The number of carbonyl (C=O) groups is 2. The Kier molecular flexibility index (Phi) is 6.52. The summed E-state index contributed by atoms with van der Waals surface area (Å²) >= 11 is 1.08. The molecule has 30 heavy (non-hydrogen) atoms. The van der Waals surface area contributed by atoms with Crippen molar-refractivity contribution in [2.24, 2.45) is 10.2 Å². The van der Waals surface area contributed by atoms with Crippen molar-refractivity contribution in [3.05, 3.63) is 70.0 Å². The number of nitro groups is 1. The van der Waals surface area contributed by atoms with Crippen LogP contribution in [0, 0.1) is 15.9 Å². The molecule has 11 heteroatoms. The number of amides is 2. The minimum absolute atomic E-state index is 0.0870. The van der Waals surface area contributed by atoms with Crippen LogP contribution in [0.4, 0.5) is 15.8 Å². The molecule has 0 aliphatic carbocycles. The number of nitro benzene ring substituents is 1. The minimum Gasteiger partial charge on any atom is -0.326 e. The molecule has 2 amide bonds. The van der Waals surface area contributed by atoms with Crippen molar-refractivity contribution >= 4 is 45.8 Å². The van der Waals surface area contributed by atoms with E-state index in [4.69, 9.17) is 0 Å². The largest absolute Gasteiger partial charge is 0.326 e. The Morgan fingerprint density at radius 1 is 1.23 bits per heavy atom. The number of nitrogens with zero attached hydrogens (tertiary/aromatic N) is 3. The van der Waals surface area contributed by atoms with E-state index >= 15 is 0 Å². The highest BCUT2D eigenvalue weighted by molar-refractivity contribution is 8.15. The average molecular weight is 429 g/mol. The van der Waals surface area contributed by atoms with Crippen molar-refractivity contribution < 1.29 is 18.9 Å². The monoisotopic (exact) mass is 429 g/mol. The van der Waals surface area contributed by atoms with Crippen molar-refractivity contribution in [3.63, 3.8) is 0 Å². The third-order valence-corrected chi connectivity index (χ3v) is 5.13. The van der Waals surface area contributed by atoms with Crippen molar-refractivity contribution in [1.82, 2.24) is 5.32 Å². The van der Waals surface area contributed by atoms with E-state index in [0.29, 0.717) is 17.0 Å². The molecule has 0 unspecified atom stereocenters. The Morgan fingerprint density at radius 2 is 1.90 bits per heavy atom. The van der Waals surface area contributed by atoms with E-state index in [9.17, 15) is 24.1 Å². The lowest BCUT2D eigenvalue weighted by Gasteiger charge is -2.07. The van der Waals surface area contributed by atoms with Gasteiger partial charge in [0.15, 0.2) is 5.17 Å². The number of benzene rings is 2. The summed E-state index contributed by atoms with van der Waals surface area (Å²) in [7, 11) is 0. The second-order valence-electron chi connectivity index (χ2n) is 6.25. The van der Waals surface area contributed by atoms with Gasteiger partial charge in [-0.1, -0.05) is 23.9 Å². The van der Waals surface area contributed by atoms with Crippen molar-refractivity contribution in [2.75, 3.05) is 5.32 Å². The van der Waals surface area contributed by atoms with Gasteiger partial charge in [-0.2, -0.15) is 5.10 Å². The predicted octanol–water partition coefficient (Wildman–Crippen LogP) is 3.07. The highest BCUT2D eigenvalue weighted by Gasteiger charge is 2.32. The van der Waals surface area contributed by atoms with Crippen LogP contribution in [0.3, 0.4) is 0 Å². The molecule has 2 N–H and O–H groups in total. The number of hydrogen-bond donors (Lipinski definition) is 2. The smallest absolute Gasteiger partial charge is 0.269 e. The summed E-state index contributed by atoms with van der Waals surface area (Å²) in [5.41, 5.74) is 1.53. The van der Waals surface area contributed by atoms with Crippen LogP contribution >= 0.6 is 11.8 Å². The molecule has 1 fully saturated rings. The molecular formula is C19H16FN5O4S. The van der Waals surface area contributed by atoms with Gasteiger partial charge in [0, 0.05) is 24.2 Å². The van der Waals surface area contributed by atoms with Gasteiger partial charge >= 0.3 is 0 Å². The second-order valence-corrected chi connectivity index (χ2v) is 7.44.